The van der Waals surface area contributed by atoms with E-state index in [0.29, 0.717) is 0 Å². The molecule has 0 aliphatic heterocycles. The van der Waals surface area contributed by atoms with Gasteiger partial charge in [0.05, 0.1) is 11.7 Å². The number of esters is 1. The van der Waals surface area contributed by atoms with Crippen LogP contribution in [0.15, 0.2) is 15.7 Å². The van der Waals surface area contributed by atoms with E-state index in [1.165, 1.54) is 24.3 Å². The molecule has 20 heavy (non-hydrogen) atoms. The molecule has 0 saturated carbocycles. The maximum Gasteiger partial charge on any atom is 0.339 e. The number of ether oxygens (including phenoxy) is 1. The van der Waals surface area contributed by atoms with Crippen molar-refractivity contribution in [1.29, 1.82) is 0 Å². The monoisotopic (exact) mass is 319 g/mol. The van der Waals surface area contributed by atoms with Crippen LogP contribution in [-0.4, -0.2) is 20.5 Å². The molecule has 0 bridgehead atoms. The van der Waals surface area contributed by atoms with E-state index in [4.69, 9.17) is 9.88 Å². The molecule has 1 heterocycles. The van der Waals surface area contributed by atoms with E-state index >= 15 is 0 Å². The summed E-state index contributed by atoms with van der Waals surface area (Å²) < 4.78 is 27.5. The molecule has 1 aromatic heterocycles. The smallest absolute Gasteiger partial charge is 0.339 e. The number of primary sulfonamides is 1. The summed E-state index contributed by atoms with van der Waals surface area (Å²) in [6, 6.07) is 1.26. The molecule has 0 saturated heterocycles. The van der Waals surface area contributed by atoms with Crippen molar-refractivity contribution < 1.29 is 17.9 Å². The number of carbonyl (C=O) groups excluding carboxylic acids is 1. The highest BCUT2D eigenvalue weighted by molar-refractivity contribution is 7.91. The number of unbranched alkanes of at least 4 members (excludes halogenated alkanes) is 3. The third-order valence-electron chi connectivity index (χ3n) is 2.86. The summed E-state index contributed by atoms with van der Waals surface area (Å²) in [5.74, 6) is -0.501. The van der Waals surface area contributed by atoms with E-state index in [1.54, 1.807) is 0 Å². The Bertz CT molecular complexity index is 536. The van der Waals surface area contributed by atoms with Crippen LogP contribution >= 0.6 is 11.3 Å². The van der Waals surface area contributed by atoms with Crippen LogP contribution in [0.1, 0.15) is 56.3 Å². The number of rotatable bonds is 8. The number of nitrogens with two attached hydrogens (primary N) is 1. The normalized spacial score (nSPS) is 13.2. The highest BCUT2D eigenvalue weighted by Gasteiger charge is 2.17. The molecule has 1 aromatic rings. The van der Waals surface area contributed by atoms with Crippen molar-refractivity contribution in [2.24, 2.45) is 5.14 Å². The fraction of sp³-hybridized carbons (Fsp3) is 0.615. The lowest BCUT2D eigenvalue weighted by Gasteiger charge is -2.12. The van der Waals surface area contributed by atoms with E-state index in [0.717, 1.165) is 30.6 Å². The highest BCUT2D eigenvalue weighted by Crippen LogP contribution is 2.20. The topological polar surface area (TPSA) is 86.5 Å². The first-order valence-electron chi connectivity index (χ1n) is 6.67. The first-order chi connectivity index (χ1) is 9.34. The van der Waals surface area contributed by atoms with Crippen LogP contribution in [-0.2, 0) is 14.8 Å². The lowest BCUT2D eigenvalue weighted by molar-refractivity contribution is 0.0320. The SMILES string of the molecule is CCCCCCC(C)OC(=O)c1csc(S(N)(=O)=O)c1. The van der Waals surface area contributed by atoms with Gasteiger partial charge in [-0.15, -0.1) is 11.3 Å². The van der Waals surface area contributed by atoms with Gasteiger partial charge in [0.25, 0.3) is 0 Å². The summed E-state index contributed by atoms with van der Waals surface area (Å²) >= 11 is 0.923. The lowest BCUT2D eigenvalue weighted by atomic mass is 10.1. The average molecular weight is 319 g/mol. The first kappa shape index (κ1) is 17.1. The van der Waals surface area contributed by atoms with Gasteiger partial charge in [-0.1, -0.05) is 26.2 Å². The Morgan fingerprint density at radius 2 is 2.10 bits per heavy atom. The van der Waals surface area contributed by atoms with Crippen molar-refractivity contribution >= 4 is 27.3 Å². The molecule has 1 rings (SSSR count). The molecular formula is C13H21NO4S2. The molecule has 0 aliphatic carbocycles. The van der Waals surface area contributed by atoms with Crippen molar-refractivity contribution in [3.8, 4) is 0 Å². The van der Waals surface area contributed by atoms with Crippen molar-refractivity contribution in [3.63, 3.8) is 0 Å². The van der Waals surface area contributed by atoms with Crippen LogP contribution in [0.4, 0.5) is 0 Å². The van der Waals surface area contributed by atoms with Gasteiger partial charge >= 0.3 is 5.97 Å². The highest BCUT2D eigenvalue weighted by atomic mass is 32.2. The fourth-order valence-electron chi connectivity index (χ4n) is 1.74. The Hall–Kier alpha value is -0.920. The predicted molar refractivity (Wildman–Crippen MR) is 79.3 cm³/mol. The van der Waals surface area contributed by atoms with Gasteiger partial charge in [0.15, 0.2) is 0 Å². The summed E-state index contributed by atoms with van der Waals surface area (Å²) in [6.45, 7) is 3.99. The molecule has 2 N–H and O–H groups in total. The van der Waals surface area contributed by atoms with E-state index in [1.807, 2.05) is 6.92 Å². The van der Waals surface area contributed by atoms with Crippen molar-refractivity contribution in [2.45, 2.75) is 56.3 Å². The minimum Gasteiger partial charge on any atom is -0.459 e. The van der Waals surface area contributed by atoms with Gasteiger partial charge in [-0.2, -0.15) is 0 Å². The maximum atomic E-state index is 11.8. The number of hydrogen-bond acceptors (Lipinski definition) is 5. The van der Waals surface area contributed by atoms with Crippen LogP contribution < -0.4 is 5.14 Å². The second kappa shape index (κ2) is 7.75. The van der Waals surface area contributed by atoms with Gasteiger partial charge < -0.3 is 4.74 Å². The second-order valence-electron chi connectivity index (χ2n) is 4.76. The van der Waals surface area contributed by atoms with E-state index < -0.39 is 16.0 Å². The summed E-state index contributed by atoms with van der Waals surface area (Å²) in [5, 5.41) is 6.45. The van der Waals surface area contributed by atoms with Crippen LogP contribution in [0, 0.1) is 0 Å². The van der Waals surface area contributed by atoms with Crippen molar-refractivity contribution in [3.05, 3.63) is 17.0 Å². The summed E-state index contributed by atoms with van der Waals surface area (Å²) in [4.78, 5) is 11.8. The van der Waals surface area contributed by atoms with Crippen LogP contribution in [0.2, 0.25) is 0 Å². The van der Waals surface area contributed by atoms with Gasteiger partial charge in [-0.3, -0.25) is 0 Å². The van der Waals surface area contributed by atoms with Gasteiger partial charge in [-0.25, -0.2) is 18.4 Å². The molecule has 0 aliphatic rings. The minimum absolute atomic E-state index is 0.0277. The lowest BCUT2D eigenvalue weighted by Crippen LogP contribution is -2.15. The van der Waals surface area contributed by atoms with Gasteiger partial charge in [0.2, 0.25) is 10.0 Å². The Labute approximate surface area is 124 Å². The molecule has 1 atom stereocenters. The molecule has 0 amide bonds. The second-order valence-corrected chi connectivity index (χ2v) is 7.46. The summed E-state index contributed by atoms with van der Waals surface area (Å²) in [7, 11) is -3.75. The molecule has 114 valence electrons. The third kappa shape index (κ3) is 5.60. The Kier molecular flexibility index (Phi) is 6.64. The predicted octanol–water partition coefficient (Wildman–Crippen LogP) is 2.91. The van der Waals surface area contributed by atoms with Crippen molar-refractivity contribution in [1.82, 2.24) is 0 Å². The van der Waals surface area contributed by atoms with Gasteiger partial charge in [-0.05, 0) is 25.8 Å². The zero-order valence-corrected chi connectivity index (χ0v) is 13.4. The number of hydrogen-bond donors (Lipinski definition) is 1. The molecule has 0 radical (unpaired) electrons. The van der Waals surface area contributed by atoms with E-state index in [-0.39, 0.29) is 15.9 Å². The zero-order chi connectivity index (χ0) is 15.2. The molecule has 0 fully saturated rings. The minimum atomic E-state index is -3.75. The zero-order valence-electron chi connectivity index (χ0n) is 11.8. The molecule has 0 aromatic carbocycles. The average Bonchev–Trinajstić information content (AvgIpc) is 2.84. The fourth-order valence-corrected chi connectivity index (χ4v) is 3.32. The maximum absolute atomic E-state index is 11.8. The molecule has 5 nitrogen and oxygen atoms in total. The molecular weight excluding hydrogens is 298 g/mol. The van der Waals surface area contributed by atoms with Crippen LogP contribution in [0.3, 0.4) is 0 Å². The summed E-state index contributed by atoms with van der Waals surface area (Å²) in [6.07, 6.45) is 5.15. The number of sulfonamides is 1. The quantitative estimate of drug-likeness (QED) is 0.589. The Balaban J connectivity index is 2.48. The molecule has 1 unspecified atom stereocenters. The summed E-state index contributed by atoms with van der Waals surface area (Å²) in [5.41, 5.74) is 0.236. The van der Waals surface area contributed by atoms with E-state index in [9.17, 15) is 13.2 Å². The standard InChI is InChI=1S/C13H21NO4S2/c1-3-4-5-6-7-10(2)18-13(15)11-8-12(19-9-11)20(14,16)17/h8-10H,3-7H2,1-2H3,(H2,14,16,17). The Morgan fingerprint density at radius 1 is 1.40 bits per heavy atom. The Morgan fingerprint density at radius 3 is 2.65 bits per heavy atom. The largest absolute Gasteiger partial charge is 0.459 e. The third-order valence-corrected chi connectivity index (χ3v) is 5.25. The molecule has 7 heteroatoms. The van der Waals surface area contributed by atoms with Crippen molar-refractivity contribution in [2.75, 3.05) is 0 Å². The van der Waals surface area contributed by atoms with Gasteiger partial charge in [0, 0.05) is 5.38 Å². The number of carbonyl (C=O) groups is 1. The first-order valence-corrected chi connectivity index (χ1v) is 9.09. The van der Waals surface area contributed by atoms with Gasteiger partial charge in [0.1, 0.15) is 4.21 Å². The number of thiophene rings is 1. The van der Waals surface area contributed by atoms with E-state index in [2.05, 4.69) is 6.92 Å². The molecule has 0 spiro atoms. The van der Waals surface area contributed by atoms with Crippen LogP contribution in [0.5, 0.6) is 0 Å². The van der Waals surface area contributed by atoms with Crippen LogP contribution in [0.25, 0.3) is 0 Å².